The molecule has 40 heavy (non-hydrogen) atoms. The maximum absolute atomic E-state index is 14.3. The van der Waals surface area contributed by atoms with Crippen LogP contribution in [0.15, 0.2) is 65.1 Å². The Labute approximate surface area is 237 Å². The number of nitriles is 1. The molecule has 0 unspecified atom stereocenters. The van der Waals surface area contributed by atoms with Crippen LogP contribution in [0.25, 0.3) is 11.1 Å². The molecule has 1 spiro atoms. The van der Waals surface area contributed by atoms with Crippen LogP contribution in [0.4, 0.5) is 16.5 Å². The summed E-state index contributed by atoms with van der Waals surface area (Å²) < 4.78 is 5.97. The van der Waals surface area contributed by atoms with E-state index in [1.165, 1.54) is 41.3 Å². The Morgan fingerprint density at radius 1 is 1.10 bits per heavy atom. The summed E-state index contributed by atoms with van der Waals surface area (Å²) >= 11 is 12.4. The normalized spacial score (nSPS) is 20.6. The number of likely N-dealkylation sites (N-methyl/N-ethyl adjacent to an activating group) is 1. The lowest BCUT2D eigenvalue weighted by Crippen LogP contribution is -2.53. The molecule has 3 amide bonds. The van der Waals surface area contributed by atoms with E-state index >= 15 is 0 Å². The second kappa shape index (κ2) is 9.26. The van der Waals surface area contributed by atoms with Gasteiger partial charge in [-0.2, -0.15) is 10.2 Å². The number of carbonyl (C=O) groups is 3. The van der Waals surface area contributed by atoms with Gasteiger partial charge in [0.1, 0.15) is 11.1 Å². The van der Waals surface area contributed by atoms with Crippen molar-refractivity contribution in [3.63, 3.8) is 0 Å². The molecule has 6 rings (SSSR count). The minimum atomic E-state index is -1.37. The molecule has 3 heterocycles. The molecule has 1 aromatic heterocycles. The molecule has 2 aliphatic rings. The highest BCUT2D eigenvalue weighted by Crippen LogP contribution is 2.47. The van der Waals surface area contributed by atoms with Crippen LogP contribution in [-0.4, -0.2) is 58.6 Å². The number of aromatic carboxylic acids is 1. The molecule has 2 atom stereocenters. The average Bonchev–Trinajstić information content (AvgIpc) is 3.58. The minimum absolute atomic E-state index is 0.0438. The van der Waals surface area contributed by atoms with E-state index in [4.69, 9.17) is 27.6 Å². The summed E-state index contributed by atoms with van der Waals surface area (Å²) in [6.07, 6.45) is 0. The number of fused-ring (bicyclic) bond motifs is 1. The molecule has 1 N–H and O–H groups in total. The largest absolute Gasteiger partial charge is 0.478 e. The van der Waals surface area contributed by atoms with E-state index in [-0.39, 0.29) is 40.4 Å². The van der Waals surface area contributed by atoms with Gasteiger partial charge < -0.3 is 19.3 Å². The Balaban J connectivity index is 1.47. The van der Waals surface area contributed by atoms with E-state index in [0.29, 0.717) is 16.7 Å². The van der Waals surface area contributed by atoms with Gasteiger partial charge in [0, 0.05) is 29.6 Å². The van der Waals surface area contributed by atoms with Crippen molar-refractivity contribution >= 4 is 63.9 Å². The number of halogens is 2. The van der Waals surface area contributed by atoms with Crippen molar-refractivity contribution in [2.45, 2.75) is 11.5 Å². The molecule has 3 aromatic carbocycles. The summed E-state index contributed by atoms with van der Waals surface area (Å²) in [5.41, 5.74) is 0.871. The van der Waals surface area contributed by atoms with Crippen LogP contribution < -0.4 is 9.80 Å². The van der Waals surface area contributed by atoms with Gasteiger partial charge in [0.2, 0.25) is 0 Å². The number of oxazole rings is 1. The first kappa shape index (κ1) is 25.7. The fraction of sp³-hybridized carbons (Fsp3) is 0.179. The number of carbonyl (C=O) groups excluding carboxylic acids is 2. The number of carboxylic acids is 1. The van der Waals surface area contributed by atoms with Crippen molar-refractivity contribution in [3.8, 4) is 6.07 Å². The Hall–Kier alpha value is -4.59. The quantitative estimate of drug-likeness (QED) is 0.331. The molecule has 4 aromatic rings. The van der Waals surface area contributed by atoms with E-state index in [0.717, 1.165) is 10.5 Å². The maximum atomic E-state index is 14.3. The lowest BCUT2D eigenvalue weighted by molar-refractivity contribution is -0.124. The number of anilines is 2. The molecule has 200 valence electrons. The van der Waals surface area contributed by atoms with E-state index in [1.807, 2.05) is 0 Å². The molecule has 0 saturated carbocycles. The van der Waals surface area contributed by atoms with Gasteiger partial charge in [0.15, 0.2) is 5.58 Å². The molecular weight excluding hydrogens is 557 g/mol. The zero-order valence-electron chi connectivity index (χ0n) is 20.8. The van der Waals surface area contributed by atoms with Gasteiger partial charge >= 0.3 is 12.0 Å². The second-order valence-electron chi connectivity index (χ2n) is 9.69. The standard InChI is InChI=1S/C28H19Cl2N5O5/c1-33-27(39)35(20-10-18(29)9-19(30)11-20)25(38)28(33)14-34(13-21(28)16-4-2-15(12-31)3-5-16)26-32-22-8-17(24(36)37)6-7-23(22)40-26/h2-11,21H,13-14H2,1H3,(H,36,37)/t21-,28+/m0/s1. The highest BCUT2D eigenvalue weighted by atomic mass is 35.5. The zero-order valence-corrected chi connectivity index (χ0v) is 22.3. The number of benzene rings is 3. The van der Waals surface area contributed by atoms with Gasteiger partial charge in [0.05, 0.1) is 29.4 Å². The fourth-order valence-electron chi connectivity index (χ4n) is 5.53. The number of rotatable bonds is 4. The zero-order chi connectivity index (χ0) is 28.3. The smallest absolute Gasteiger partial charge is 0.335 e. The summed E-state index contributed by atoms with van der Waals surface area (Å²) in [7, 11) is 1.57. The van der Waals surface area contributed by atoms with Crippen molar-refractivity contribution in [2.75, 3.05) is 29.9 Å². The lowest BCUT2D eigenvalue weighted by atomic mass is 9.80. The molecule has 0 radical (unpaired) electrons. The van der Waals surface area contributed by atoms with Gasteiger partial charge in [-0.15, -0.1) is 0 Å². The molecular formula is C28H19Cl2N5O5. The predicted molar refractivity (Wildman–Crippen MR) is 147 cm³/mol. The van der Waals surface area contributed by atoms with Gasteiger partial charge in [-0.3, -0.25) is 4.79 Å². The molecule has 2 aliphatic heterocycles. The van der Waals surface area contributed by atoms with Crippen LogP contribution in [0, 0.1) is 11.3 Å². The molecule has 2 fully saturated rings. The van der Waals surface area contributed by atoms with Crippen LogP contribution in [-0.2, 0) is 4.79 Å². The first-order valence-corrected chi connectivity index (χ1v) is 12.9. The van der Waals surface area contributed by atoms with Crippen molar-refractivity contribution in [3.05, 3.63) is 87.4 Å². The molecule has 12 heteroatoms. The highest BCUT2D eigenvalue weighted by molar-refractivity contribution is 6.36. The van der Waals surface area contributed by atoms with Crippen molar-refractivity contribution < 1.29 is 23.9 Å². The Morgan fingerprint density at radius 3 is 2.45 bits per heavy atom. The predicted octanol–water partition coefficient (Wildman–Crippen LogP) is 5.15. The topological polar surface area (TPSA) is 131 Å². The molecule has 2 saturated heterocycles. The number of urea groups is 1. The Morgan fingerprint density at radius 2 is 1.80 bits per heavy atom. The van der Waals surface area contributed by atoms with Crippen molar-refractivity contribution in [1.82, 2.24) is 9.88 Å². The Bertz CT molecular complexity index is 1740. The first-order chi connectivity index (χ1) is 19.1. The number of nitrogens with zero attached hydrogens (tertiary/aromatic N) is 5. The number of hydrogen-bond donors (Lipinski definition) is 1. The maximum Gasteiger partial charge on any atom is 0.335 e. The number of imide groups is 1. The Kier molecular flexibility index (Phi) is 5.94. The summed E-state index contributed by atoms with van der Waals surface area (Å²) in [5.74, 6) is -2.10. The monoisotopic (exact) mass is 575 g/mol. The van der Waals surface area contributed by atoms with Crippen LogP contribution >= 0.6 is 23.2 Å². The lowest BCUT2D eigenvalue weighted by Gasteiger charge is -2.33. The first-order valence-electron chi connectivity index (χ1n) is 12.1. The second-order valence-corrected chi connectivity index (χ2v) is 10.6. The molecule has 10 nitrogen and oxygen atoms in total. The van der Waals surface area contributed by atoms with E-state index in [1.54, 1.807) is 36.2 Å². The van der Waals surface area contributed by atoms with E-state index in [9.17, 15) is 24.8 Å². The number of aromatic nitrogens is 1. The molecule has 0 aliphatic carbocycles. The van der Waals surface area contributed by atoms with Crippen LogP contribution in [0.5, 0.6) is 0 Å². The number of carboxylic acid groups (broad SMARTS) is 1. The third-order valence-electron chi connectivity index (χ3n) is 7.50. The van der Waals surface area contributed by atoms with Crippen LogP contribution in [0.3, 0.4) is 0 Å². The summed E-state index contributed by atoms with van der Waals surface area (Å²) in [6, 6.07) is 17.5. The number of hydrogen-bond acceptors (Lipinski definition) is 7. The van der Waals surface area contributed by atoms with Crippen molar-refractivity contribution in [2.24, 2.45) is 0 Å². The van der Waals surface area contributed by atoms with E-state index < -0.39 is 29.4 Å². The van der Waals surface area contributed by atoms with Gasteiger partial charge in [-0.05, 0) is 54.1 Å². The van der Waals surface area contributed by atoms with Gasteiger partial charge in [-0.25, -0.2) is 14.5 Å². The summed E-state index contributed by atoms with van der Waals surface area (Å²) in [5, 5.41) is 19.2. The summed E-state index contributed by atoms with van der Waals surface area (Å²) in [6.45, 7) is 0.292. The fourth-order valence-corrected chi connectivity index (χ4v) is 6.05. The van der Waals surface area contributed by atoms with Gasteiger partial charge in [0.25, 0.3) is 11.9 Å². The van der Waals surface area contributed by atoms with Gasteiger partial charge in [-0.1, -0.05) is 35.3 Å². The van der Waals surface area contributed by atoms with E-state index in [2.05, 4.69) is 11.1 Å². The van der Waals surface area contributed by atoms with Crippen molar-refractivity contribution in [1.29, 1.82) is 5.26 Å². The summed E-state index contributed by atoms with van der Waals surface area (Å²) in [4.78, 5) is 48.2. The minimum Gasteiger partial charge on any atom is -0.478 e. The highest BCUT2D eigenvalue weighted by Gasteiger charge is 2.65. The third-order valence-corrected chi connectivity index (χ3v) is 7.94. The average molecular weight is 576 g/mol. The SMILES string of the molecule is CN1C(=O)N(c2cc(Cl)cc(Cl)c2)C(=O)[C@]12CN(c1nc3cc(C(=O)O)ccc3o1)C[C@H]2c1ccc(C#N)cc1. The number of amides is 3. The van der Waals surface area contributed by atoms with Crippen LogP contribution in [0.2, 0.25) is 10.0 Å². The van der Waals surface area contributed by atoms with Crippen LogP contribution in [0.1, 0.15) is 27.4 Å². The third kappa shape index (κ3) is 3.86. The molecule has 0 bridgehead atoms.